The number of esters is 1. The van der Waals surface area contributed by atoms with Crippen molar-refractivity contribution in [3.05, 3.63) is 71.5 Å². The van der Waals surface area contributed by atoms with E-state index in [0.717, 1.165) is 28.9 Å². The van der Waals surface area contributed by atoms with Gasteiger partial charge in [0.1, 0.15) is 0 Å². The molecule has 1 aromatic heterocycles. The molecule has 0 saturated carbocycles. The first-order chi connectivity index (χ1) is 14.0. The smallest absolute Gasteiger partial charge is 0.363 e. The number of carbonyl (C=O) groups excluding carboxylic acids is 2. The number of benzene rings is 2. The predicted octanol–water partition coefficient (Wildman–Crippen LogP) is 3.55. The van der Waals surface area contributed by atoms with Gasteiger partial charge in [-0.1, -0.05) is 43.3 Å². The molecule has 1 heterocycles. The summed E-state index contributed by atoms with van der Waals surface area (Å²) in [4.78, 5) is 24.8. The zero-order chi connectivity index (χ0) is 20.8. The van der Waals surface area contributed by atoms with E-state index in [1.165, 1.54) is 11.8 Å². The number of hydrogen-bond donors (Lipinski definition) is 1. The topological polar surface area (TPSA) is 82.5 Å². The summed E-state index contributed by atoms with van der Waals surface area (Å²) in [7, 11) is 1.44. The molecule has 0 unspecified atom stereocenters. The lowest BCUT2D eigenvalue weighted by atomic mass is 10.1. The van der Waals surface area contributed by atoms with E-state index in [9.17, 15) is 9.59 Å². The zero-order valence-electron chi connectivity index (χ0n) is 16.6. The van der Waals surface area contributed by atoms with Gasteiger partial charge in [0.25, 0.3) is 5.91 Å². The van der Waals surface area contributed by atoms with Crippen LogP contribution in [0, 0.1) is 6.92 Å². The number of nitrogens with one attached hydrogen (secondary N) is 1. The minimum absolute atomic E-state index is 0.00860. The van der Waals surface area contributed by atoms with Crippen LogP contribution in [-0.4, -0.2) is 35.4 Å². The Labute approximate surface area is 169 Å². The first-order valence-electron chi connectivity index (χ1n) is 9.28. The lowest BCUT2D eigenvalue weighted by molar-refractivity contribution is -0.119. The van der Waals surface area contributed by atoms with Crippen molar-refractivity contribution in [2.24, 2.45) is 0 Å². The van der Waals surface area contributed by atoms with Crippen LogP contribution in [0.5, 0.6) is 5.75 Å². The fourth-order valence-electron chi connectivity index (χ4n) is 2.94. The fourth-order valence-corrected chi connectivity index (χ4v) is 2.94. The molecule has 3 rings (SSSR count). The summed E-state index contributed by atoms with van der Waals surface area (Å²) in [5.74, 6) is -0.873. The highest BCUT2D eigenvalue weighted by Gasteiger charge is 2.21. The van der Waals surface area contributed by atoms with Gasteiger partial charge in [0.2, 0.25) is 5.69 Å². The van der Waals surface area contributed by atoms with E-state index < -0.39 is 18.5 Å². The Morgan fingerprint density at radius 3 is 2.55 bits per heavy atom. The first kappa shape index (κ1) is 20.1. The Morgan fingerprint density at radius 1 is 1.10 bits per heavy atom. The maximum atomic E-state index is 12.5. The third-order valence-electron chi connectivity index (χ3n) is 4.45. The van der Waals surface area contributed by atoms with Crippen molar-refractivity contribution in [3.63, 3.8) is 0 Å². The SMILES string of the molecule is CCc1cccc(C)c1NC(=O)COC(=O)c1nn(-c2ccccc2)cc1OC. The molecule has 0 atom stereocenters. The molecule has 0 radical (unpaired) electrons. The average molecular weight is 393 g/mol. The van der Waals surface area contributed by atoms with E-state index in [-0.39, 0.29) is 11.4 Å². The second kappa shape index (κ2) is 9.05. The molecule has 0 saturated heterocycles. The van der Waals surface area contributed by atoms with Crippen LogP contribution in [0.2, 0.25) is 0 Å². The highest BCUT2D eigenvalue weighted by Crippen LogP contribution is 2.22. The van der Waals surface area contributed by atoms with Gasteiger partial charge in [0.05, 0.1) is 19.0 Å². The van der Waals surface area contributed by atoms with Crippen LogP contribution in [0.15, 0.2) is 54.7 Å². The van der Waals surface area contributed by atoms with Crippen molar-refractivity contribution in [2.75, 3.05) is 19.0 Å². The Morgan fingerprint density at radius 2 is 1.86 bits per heavy atom. The first-order valence-corrected chi connectivity index (χ1v) is 9.28. The van der Waals surface area contributed by atoms with Crippen molar-refractivity contribution in [2.45, 2.75) is 20.3 Å². The molecule has 29 heavy (non-hydrogen) atoms. The largest absolute Gasteiger partial charge is 0.493 e. The Bertz CT molecular complexity index is 1010. The van der Waals surface area contributed by atoms with Gasteiger partial charge in [0, 0.05) is 5.69 Å². The van der Waals surface area contributed by atoms with Crippen molar-refractivity contribution in [3.8, 4) is 11.4 Å². The summed E-state index contributed by atoms with van der Waals surface area (Å²) in [6.07, 6.45) is 2.37. The summed E-state index contributed by atoms with van der Waals surface area (Å²) in [6.45, 7) is 3.51. The van der Waals surface area contributed by atoms with Crippen LogP contribution >= 0.6 is 0 Å². The van der Waals surface area contributed by atoms with Crippen molar-refractivity contribution < 1.29 is 19.1 Å². The summed E-state index contributed by atoms with van der Waals surface area (Å²) in [5.41, 5.74) is 3.51. The minimum atomic E-state index is -0.729. The number of carbonyl (C=O) groups is 2. The van der Waals surface area contributed by atoms with Crippen molar-refractivity contribution in [1.82, 2.24) is 9.78 Å². The standard InChI is InChI=1S/C22H23N3O4/c1-4-16-10-8-9-15(2)20(16)23-19(26)14-29-22(27)21-18(28-3)13-25(24-21)17-11-6-5-7-12-17/h5-13H,4,14H2,1-3H3,(H,23,26). The molecular weight excluding hydrogens is 370 g/mol. The normalized spacial score (nSPS) is 10.4. The number of para-hydroxylation sites is 2. The predicted molar refractivity (Wildman–Crippen MR) is 110 cm³/mol. The van der Waals surface area contributed by atoms with Gasteiger partial charge in [-0.25, -0.2) is 9.48 Å². The van der Waals surface area contributed by atoms with Crippen molar-refractivity contribution >= 4 is 17.6 Å². The van der Waals surface area contributed by atoms with Crippen LogP contribution < -0.4 is 10.1 Å². The number of aryl methyl sites for hydroxylation is 2. The molecule has 0 aliphatic carbocycles. The summed E-state index contributed by atoms with van der Waals surface area (Å²) >= 11 is 0. The average Bonchev–Trinajstić information content (AvgIpc) is 3.18. The van der Waals surface area contributed by atoms with E-state index >= 15 is 0 Å². The third kappa shape index (κ3) is 4.63. The molecular formula is C22H23N3O4. The van der Waals surface area contributed by atoms with Gasteiger partial charge >= 0.3 is 5.97 Å². The van der Waals surface area contributed by atoms with Crippen LogP contribution in [-0.2, 0) is 16.0 Å². The maximum absolute atomic E-state index is 12.5. The number of rotatable bonds is 7. The third-order valence-corrected chi connectivity index (χ3v) is 4.45. The van der Waals surface area contributed by atoms with E-state index in [2.05, 4.69) is 10.4 Å². The number of ether oxygens (including phenoxy) is 2. The van der Waals surface area contributed by atoms with E-state index in [0.29, 0.717) is 0 Å². The maximum Gasteiger partial charge on any atom is 0.363 e. The second-order valence-corrected chi connectivity index (χ2v) is 6.41. The lowest BCUT2D eigenvalue weighted by Crippen LogP contribution is -2.22. The molecule has 150 valence electrons. The van der Waals surface area contributed by atoms with Gasteiger partial charge in [-0.05, 0) is 36.6 Å². The molecule has 0 aliphatic heterocycles. The zero-order valence-corrected chi connectivity index (χ0v) is 16.6. The lowest BCUT2D eigenvalue weighted by Gasteiger charge is -2.13. The second-order valence-electron chi connectivity index (χ2n) is 6.41. The molecule has 0 fully saturated rings. The number of methoxy groups -OCH3 is 1. The Kier molecular flexibility index (Phi) is 6.29. The summed E-state index contributed by atoms with van der Waals surface area (Å²) in [5, 5.41) is 7.06. The highest BCUT2D eigenvalue weighted by molar-refractivity contribution is 5.96. The molecule has 2 aromatic carbocycles. The molecule has 7 nitrogen and oxygen atoms in total. The van der Waals surface area contributed by atoms with Crippen LogP contribution in [0.3, 0.4) is 0 Å². The van der Waals surface area contributed by atoms with Crippen LogP contribution in [0.1, 0.15) is 28.5 Å². The number of nitrogens with zero attached hydrogens (tertiary/aromatic N) is 2. The van der Waals surface area contributed by atoms with Gasteiger partial charge in [-0.15, -0.1) is 0 Å². The van der Waals surface area contributed by atoms with Gasteiger partial charge < -0.3 is 14.8 Å². The molecule has 0 bridgehead atoms. The van der Waals surface area contributed by atoms with E-state index in [4.69, 9.17) is 9.47 Å². The minimum Gasteiger partial charge on any atom is -0.493 e. The van der Waals surface area contributed by atoms with Gasteiger partial charge in [-0.3, -0.25) is 4.79 Å². The van der Waals surface area contributed by atoms with E-state index in [1.54, 1.807) is 6.20 Å². The fraction of sp³-hybridized carbons (Fsp3) is 0.227. The Hall–Kier alpha value is -3.61. The summed E-state index contributed by atoms with van der Waals surface area (Å²) < 4.78 is 11.9. The van der Waals surface area contributed by atoms with Gasteiger partial charge in [0.15, 0.2) is 12.4 Å². The number of anilines is 1. The molecule has 3 aromatic rings. The molecule has 1 amide bonds. The molecule has 0 spiro atoms. The number of hydrogen-bond acceptors (Lipinski definition) is 5. The molecule has 1 N–H and O–H groups in total. The highest BCUT2D eigenvalue weighted by atomic mass is 16.5. The van der Waals surface area contributed by atoms with E-state index in [1.807, 2.05) is 62.4 Å². The van der Waals surface area contributed by atoms with Crippen LogP contribution in [0.4, 0.5) is 5.69 Å². The quantitative estimate of drug-likeness (QED) is 0.621. The Balaban J connectivity index is 1.68. The number of amides is 1. The molecule has 7 heteroatoms. The monoisotopic (exact) mass is 393 g/mol. The van der Waals surface area contributed by atoms with Crippen LogP contribution in [0.25, 0.3) is 5.69 Å². The summed E-state index contributed by atoms with van der Waals surface area (Å²) in [6, 6.07) is 15.1. The number of aromatic nitrogens is 2. The van der Waals surface area contributed by atoms with Crippen molar-refractivity contribution in [1.29, 1.82) is 0 Å². The molecule has 0 aliphatic rings. The van der Waals surface area contributed by atoms with Gasteiger partial charge in [-0.2, -0.15) is 5.10 Å².